The molecule has 414 valence electrons. The van der Waals surface area contributed by atoms with Gasteiger partial charge in [-0.05, 0) is 210 Å². The van der Waals surface area contributed by atoms with Gasteiger partial charge in [0.15, 0.2) is 0 Å². The van der Waals surface area contributed by atoms with Crippen LogP contribution in [0.5, 0.6) is 0 Å². The largest absolute Gasteiger partial charge is 0.481 e. The Hall–Kier alpha value is -6.15. The lowest BCUT2D eigenvalue weighted by Gasteiger charge is -2.17. The van der Waals surface area contributed by atoms with Crippen LogP contribution in [-0.2, 0) is 26.8 Å². The number of allylic oxidation sites excluding steroid dienone is 1. The third kappa shape index (κ3) is 25.3. The predicted octanol–water partition coefficient (Wildman–Crippen LogP) is 15.8. The summed E-state index contributed by atoms with van der Waals surface area (Å²) in [6, 6.07) is 26.5. The van der Waals surface area contributed by atoms with Crippen LogP contribution in [0.4, 0.5) is 13.2 Å². The molecule has 1 N–H and O–H groups in total. The second kappa shape index (κ2) is 33.7. The minimum Gasteiger partial charge on any atom is -0.481 e. The first kappa shape index (κ1) is 68.8. The summed E-state index contributed by atoms with van der Waals surface area (Å²) >= 11 is 0. The van der Waals surface area contributed by atoms with Crippen LogP contribution in [0, 0.1) is 68.2 Å². The van der Waals surface area contributed by atoms with Gasteiger partial charge in [0.25, 0.3) is 0 Å². The van der Waals surface area contributed by atoms with E-state index >= 15 is 0 Å². The number of pyridine rings is 3. The van der Waals surface area contributed by atoms with Gasteiger partial charge >= 0.3 is 5.97 Å². The Morgan fingerprint density at radius 2 is 0.920 bits per heavy atom. The van der Waals surface area contributed by atoms with Crippen molar-refractivity contribution < 1.29 is 32.7 Å². The predicted molar refractivity (Wildman–Crippen MR) is 310 cm³/mol. The number of aromatic nitrogens is 6. The molecule has 0 saturated carbocycles. The highest BCUT2D eigenvalue weighted by Gasteiger charge is 2.17. The Labute approximate surface area is 450 Å². The SMILES string of the molecule is C.C.C/C(=C/c1cc(C)cc(-n2c(C)ccc2C)n1)CCF.CC(=O)CCC(=O)O.CC(=O)CCF.Cc1cc(CC(C)CCF)nc(-n2c(C)ccc2C)c1.Cc1cc(C[Si](C)(C)C)nc(-n2c(C)ccc2C)c1. The summed E-state index contributed by atoms with van der Waals surface area (Å²) < 4.78 is 42.3. The lowest BCUT2D eigenvalue weighted by molar-refractivity contribution is -0.138. The monoisotopic (exact) mass is 1060 g/mol. The molecule has 0 aromatic carbocycles. The van der Waals surface area contributed by atoms with E-state index in [-0.39, 0.29) is 59.0 Å². The molecule has 10 nitrogen and oxygen atoms in total. The van der Waals surface area contributed by atoms with Crippen molar-refractivity contribution in [1.29, 1.82) is 0 Å². The Morgan fingerprint density at radius 1 is 0.547 bits per heavy atom. The van der Waals surface area contributed by atoms with Gasteiger partial charge in [-0.15, -0.1) is 0 Å². The van der Waals surface area contributed by atoms with E-state index in [4.69, 9.17) is 15.1 Å². The van der Waals surface area contributed by atoms with Crippen molar-refractivity contribution >= 4 is 31.7 Å². The van der Waals surface area contributed by atoms with Crippen LogP contribution < -0.4 is 0 Å². The maximum absolute atomic E-state index is 12.4. The van der Waals surface area contributed by atoms with Crippen LogP contribution in [0.25, 0.3) is 23.5 Å². The third-order valence-corrected chi connectivity index (χ3v) is 12.8. The van der Waals surface area contributed by atoms with Crippen molar-refractivity contribution in [1.82, 2.24) is 28.7 Å². The molecule has 1 atom stereocenters. The van der Waals surface area contributed by atoms with E-state index in [1.54, 1.807) is 0 Å². The summed E-state index contributed by atoms with van der Waals surface area (Å²) in [6.45, 7) is 31.7. The molecule has 0 radical (unpaired) electrons. The lowest BCUT2D eigenvalue weighted by atomic mass is 10.0. The van der Waals surface area contributed by atoms with E-state index in [1.165, 1.54) is 53.4 Å². The van der Waals surface area contributed by atoms with E-state index in [1.807, 2.05) is 19.1 Å². The summed E-state index contributed by atoms with van der Waals surface area (Å²) in [5.74, 6) is 2.20. The Bertz CT molecular complexity index is 2670. The first-order chi connectivity index (χ1) is 34.2. The molecule has 75 heavy (non-hydrogen) atoms. The maximum Gasteiger partial charge on any atom is 0.303 e. The van der Waals surface area contributed by atoms with Crippen molar-refractivity contribution in [2.75, 3.05) is 20.0 Å². The number of hydrogen-bond donors (Lipinski definition) is 1. The molecule has 6 aromatic heterocycles. The van der Waals surface area contributed by atoms with E-state index in [2.05, 4.69) is 174 Å². The number of halogens is 3. The van der Waals surface area contributed by atoms with Crippen molar-refractivity contribution in [3.8, 4) is 17.5 Å². The van der Waals surface area contributed by atoms with Crippen LogP contribution in [0.3, 0.4) is 0 Å². The van der Waals surface area contributed by atoms with E-state index in [0.29, 0.717) is 18.8 Å². The average Bonchev–Trinajstić information content (AvgIpc) is 3.91. The van der Waals surface area contributed by atoms with Gasteiger partial charge in [0, 0.05) is 58.4 Å². The standard InChI is InChI=1S/C17H23FN2.C17H21FN2.C16H24N2Si.C5H8O3.C4H7FO.2CH4/c2*1-12(7-8-18)9-16-10-13(2)11-17(19-16)20-14(3)5-6-15(20)4;1-12-9-15(11-19(4,5)6)17-16(10-12)18-13(2)7-8-14(18)3;1-4(6)2-3-5(7)8;1-4(6)2-3-5;;/h5-6,10-12H,7-9H2,1-4H3;5-6,9-11H,7-8H2,1-4H3;7-10H,11H2,1-6H3;2-3H2,1H3,(H,7,8);2-3H2,1H3;2*1H4/b;12-9-;;;;;. The fraction of sp³-hybridized carbons (Fsp3) is 0.475. The molecule has 6 rings (SSSR count). The van der Waals surface area contributed by atoms with Gasteiger partial charge in [-0.3, -0.25) is 22.8 Å². The molecular weight excluding hydrogens is 966 g/mol. The molecule has 1 unspecified atom stereocenters. The van der Waals surface area contributed by atoms with Gasteiger partial charge in [-0.2, -0.15) is 0 Å². The number of carbonyl (C=O) groups is 3. The highest BCUT2D eigenvalue weighted by Crippen LogP contribution is 2.22. The van der Waals surface area contributed by atoms with Crippen molar-refractivity contribution in [3.05, 3.63) is 146 Å². The number of carboxylic acid groups (broad SMARTS) is 1. The Kier molecular flexibility index (Phi) is 30.9. The molecule has 6 heterocycles. The van der Waals surface area contributed by atoms with E-state index in [0.717, 1.165) is 63.8 Å². The molecule has 0 amide bonds. The van der Waals surface area contributed by atoms with Crippen molar-refractivity contribution in [3.63, 3.8) is 0 Å². The van der Waals surface area contributed by atoms with Gasteiger partial charge < -0.3 is 23.6 Å². The smallest absolute Gasteiger partial charge is 0.303 e. The minimum absolute atomic E-state index is 0. The molecule has 0 aliphatic carbocycles. The molecule has 0 spiro atoms. The average molecular weight is 1060 g/mol. The zero-order valence-electron chi connectivity index (χ0n) is 46.6. The number of carboxylic acids is 1. The molecule has 6 aromatic rings. The molecule has 0 aliphatic heterocycles. The lowest BCUT2D eigenvalue weighted by Crippen LogP contribution is -2.25. The van der Waals surface area contributed by atoms with Crippen LogP contribution in [0.1, 0.15) is 143 Å². The summed E-state index contributed by atoms with van der Waals surface area (Å²) in [4.78, 5) is 44.0. The minimum atomic E-state index is -1.13. The van der Waals surface area contributed by atoms with Crippen LogP contribution in [0.15, 0.2) is 78.4 Å². The zero-order chi connectivity index (χ0) is 55.2. The first-order valence-corrected chi connectivity index (χ1v) is 28.8. The number of aliphatic carboxylic acids is 1. The zero-order valence-corrected chi connectivity index (χ0v) is 47.6. The number of hydrogen-bond acceptors (Lipinski definition) is 6. The number of carbonyl (C=O) groups excluding carboxylic acids is 2. The van der Waals surface area contributed by atoms with Gasteiger partial charge in [-0.25, -0.2) is 15.0 Å². The summed E-state index contributed by atoms with van der Waals surface area (Å²) in [5, 5.41) is 8.01. The first-order valence-electron chi connectivity index (χ1n) is 25.1. The fourth-order valence-electron chi connectivity index (χ4n) is 7.90. The number of aryl methyl sites for hydroxylation is 9. The van der Waals surface area contributed by atoms with Crippen LogP contribution in [0.2, 0.25) is 19.6 Å². The highest BCUT2D eigenvalue weighted by atomic mass is 28.3. The molecule has 0 saturated heterocycles. The topological polar surface area (TPSA) is 125 Å². The number of Topliss-reactive ketones (excluding diaryl/α,β-unsaturated/α-hetero) is 2. The maximum atomic E-state index is 12.4. The van der Waals surface area contributed by atoms with Crippen LogP contribution in [-0.4, -0.2) is 79.4 Å². The molecule has 0 bridgehead atoms. The van der Waals surface area contributed by atoms with Crippen molar-refractivity contribution in [2.45, 2.75) is 169 Å². The Balaban J connectivity index is 0.000000960. The molecular formula is C61H91F3N6O4Si. The highest BCUT2D eigenvalue weighted by molar-refractivity contribution is 6.75. The van der Waals surface area contributed by atoms with Crippen LogP contribution >= 0.6 is 0 Å². The second-order valence-corrected chi connectivity index (χ2v) is 25.9. The fourth-order valence-corrected chi connectivity index (χ4v) is 9.16. The number of rotatable bonds is 17. The number of alkyl halides is 3. The van der Waals surface area contributed by atoms with Gasteiger partial charge in [-0.1, -0.05) is 47.0 Å². The molecule has 0 fully saturated rings. The van der Waals surface area contributed by atoms with E-state index < -0.39 is 20.7 Å². The van der Waals surface area contributed by atoms with Gasteiger partial charge in [0.05, 0.1) is 40.2 Å². The number of ketones is 2. The normalized spacial score (nSPS) is 11.2. The molecule has 0 aliphatic rings. The second-order valence-electron chi connectivity index (χ2n) is 20.5. The third-order valence-electron chi connectivity index (χ3n) is 11.4. The number of nitrogens with zero attached hydrogens (tertiary/aromatic N) is 6. The van der Waals surface area contributed by atoms with E-state index in [9.17, 15) is 27.6 Å². The van der Waals surface area contributed by atoms with Crippen molar-refractivity contribution in [2.24, 2.45) is 5.92 Å². The van der Waals surface area contributed by atoms with Gasteiger partial charge in [0.2, 0.25) is 0 Å². The molecule has 14 heteroatoms. The summed E-state index contributed by atoms with van der Waals surface area (Å²) in [6.07, 6.45) is 4.03. The summed E-state index contributed by atoms with van der Waals surface area (Å²) in [7, 11) is -1.13. The quantitative estimate of drug-likeness (QED) is 0.0902. The van der Waals surface area contributed by atoms with Gasteiger partial charge in [0.1, 0.15) is 29.0 Å². The Morgan fingerprint density at radius 3 is 1.25 bits per heavy atom. The summed E-state index contributed by atoms with van der Waals surface area (Å²) in [5.41, 5.74) is 15.0.